The molecule has 0 N–H and O–H groups in total. The molecule has 0 saturated heterocycles. The van der Waals surface area contributed by atoms with Crippen molar-refractivity contribution in [2.75, 3.05) is 0 Å². The topological polar surface area (TPSA) is 64.7 Å². The van der Waals surface area contributed by atoms with Gasteiger partial charge in [0.05, 0.1) is 11.2 Å². The van der Waals surface area contributed by atoms with Gasteiger partial charge in [-0.3, -0.25) is 0 Å². The summed E-state index contributed by atoms with van der Waals surface area (Å²) in [4.78, 5) is 20.0. The van der Waals surface area contributed by atoms with Gasteiger partial charge in [0.1, 0.15) is 11.2 Å². The van der Waals surface area contributed by atoms with E-state index in [1.54, 1.807) is 0 Å². The van der Waals surface area contributed by atoms with Crippen LogP contribution in [0.25, 0.3) is 143 Å². The molecule has 6 heteroatoms. The summed E-state index contributed by atoms with van der Waals surface area (Å²) in [6.07, 6.45) is 0. The van der Waals surface area contributed by atoms with Gasteiger partial charge >= 0.3 is 0 Å². The molecule has 4 aromatic heterocycles. The predicted molar refractivity (Wildman–Crippen MR) is 291 cm³/mol. The molecule has 70 heavy (non-hydrogen) atoms. The van der Waals surface area contributed by atoms with Crippen LogP contribution in [0, 0.1) is 0 Å². The lowest BCUT2D eigenvalue weighted by atomic mass is 9.95. The Morgan fingerprint density at radius 1 is 0.286 bits per heavy atom. The van der Waals surface area contributed by atoms with Crippen molar-refractivity contribution in [3.63, 3.8) is 0 Å². The highest BCUT2D eigenvalue weighted by molar-refractivity contribution is 7.26. The number of para-hydroxylation sites is 3. The molecule has 14 rings (SSSR count). The summed E-state index contributed by atoms with van der Waals surface area (Å²) in [7, 11) is 0. The Hall–Kier alpha value is -9.10. The van der Waals surface area contributed by atoms with Gasteiger partial charge in [-0.15, -0.1) is 11.3 Å². The summed E-state index contributed by atoms with van der Waals surface area (Å²) in [5.74, 6) is 1.90. The van der Waals surface area contributed by atoms with Gasteiger partial charge in [-0.05, 0) is 46.5 Å². The van der Waals surface area contributed by atoms with Crippen LogP contribution in [-0.2, 0) is 0 Å². The summed E-state index contributed by atoms with van der Waals surface area (Å²) in [5.41, 5.74) is 14.2. The van der Waals surface area contributed by atoms with E-state index < -0.39 is 0 Å². The van der Waals surface area contributed by atoms with Crippen LogP contribution >= 0.6 is 11.3 Å². The van der Waals surface area contributed by atoms with E-state index in [9.17, 15) is 0 Å². The highest BCUT2D eigenvalue weighted by Gasteiger charge is 2.20. The maximum absolute atomic E-state index is 6.93. The van der Waals surface area contributed by atoms with Crippen LogP contribution in [0.2, 0.25) is 0 Å². The van der Waals surface area contributed by atoms with E-state index in [0.29, 0.717) is 17.5 Å². The monoisotopic (exact) mass is 910 g/mol. The minimum absolute atomic E-state index is 0.620. The van der Waals surface area contributed by atoms with Crippen LogP contribution in [0.5, 0.6) is 0 Å². The van der Waals surface area contributed by atoms with Gasteiger partial charge in [-0.25, -0.2) is 19.9 Å². The van der Waals surface area contributed by atoms with Gasteiger partial charge in [0.25, 0.3) is 0 Å². The normalized spacial score (nSPS) is 11.7. The molecule has 0 amide bonds. The molecule has 0 atom stereocenters. The number of fused-ring (bicyclic) bond motifs is 10. The van der Waals surface area contributed by atoms with Crippen LogP contribution in [0.4, 0.5) is 0 Å². The third-order valence-electron chi connectivity index (χ3n) is 13.6. The predicted octanol–water partition coefficient (Wildman–Crippen LogP) is 17.5. The highest BCUT2D eigenvalue weighted by Crippen LogP contribution is 2.45. The average Bonchev–Trinajstić information content (AvgIpc) is 4.02. The van der Waals surface area contributed by atoms with Crippen molar-refractivity contribution in [1.82, 2.24) is 19.9 Å². The van der Waals surface area contributed by atoms with E-state index >= 15 is 0 Å². The molecular weight excluding hydrogens is 873 g/mol. The Balaban J connectivity index is 0.818. The smallest absolute Gasteiger partial charge is 0.164 e. The second-order valence-corrected chi connectivity index (χ2v) is 18.8. The fourth-order valence-electron chi connectivity index (χ4n) is 10.2. The zero-order valence-corrected chi connectivity index (χ0v) is 38.4. The number of aromatic nitrogens is 4. The Kier molecular flexibility index (Phi) is 9.32. The maximum atomic E-state index is 6.93. The second kappa shape index (κ2) is 16.3. The van der Waals surface area contributed by atoms with Crippen LogP contribution in [-0.4, -0.2) is 19.9 Å². The first kappa shape index (κ1) is 40.0. The Bertz CT molecular complexity index is 4260. The number of hydrogen-bond acceptors (Lipinski definition) is 6. The van der Waals surface area contributed by atoms with Crippen molar-refractivity contribution in [3.05, 3.63) is 231 Å². The zero-order valence-electron chi connectivity index (χ0n) is 37.5. The number of benzene rings is 10. The lowest BCUT2D eigenvalue weighted by molar-refractivity contribution is 0.671. The highest BCUT2D eigenvalue weighted by atomic mass is 32.1. The molecule has 0 aliphatic carbocycles. The van der Waals surface area contributed by atoms with Crippen LogP contribution in [0.15, 0.2) is 235 Å². The molecule has 10 aromatic carbocycles. The standard InChI is InChI=1S/C64H38N4OS/c1-4-14-42(15-5-1)59-52-35-37-56-58(57(52)51-20-10-11-25-54(51)65-59)53-38-46(34-36-55(53)70-56)39-26-28-40(29-27-39)47-21-12-23-49-50-24-13-22-48(61(50)69-60(47)49)41-30-32-45(33-31-41)64-67-62(43-16-6-2-7-17-43)66-63(68-64)44-18-8-3-9-19-44/h1-38H. The molecule has 0 unspecified atom stereocenters. The van der Waals surface area contributed by atoms with Gasteiger partial charge in [-0.2, -0.15) is 0 Å². The van der Waals surface area contributed by atoms with E-state index in [-0.39, 0.29) is 0 Å². The first-order chi connectivity index (χ1) is 34.7. The summed E-state index contributed by atoms with van der Waals surface area (Å²) in [6, 6.07) is 80.9. The third-order valence-corrected chi connectivity index (χ3v) is 14.7. The fraction of sp³-hybridized carbons (Fsp3) is 0. The van der Waals surface area contributed by atoms with E-state index in [4.69, 9.17) is 24.4 Å². The average molecular weight is 911 g/mol. The Labute approximate surface area is 406 Å². The lowest BCUT2D eigenvalue weighted by Crippen LogP contribution is -2.00. The van der Waals surface area contributed by atoms with Crippen LogP contribution in [0.3, 0.4) is 0 Å². The van der Waals surface area contributed by atoms with Crippen molar-refractivity contribution < 1.29 is 4.42 Å². The molecule has 5 nitrogen and oxygen atoms in total. The SMILES string of the molecule is c1ccc(-c2nc(-c3ccccc3)nc(-c3ccc(-c4cccc5c4oc4c(-c6ccc(-c7ccc8sc9ccc%10c(-c%11ccccc%11)nc%11ccccc%11c%10c9c8c7)cc6)cccc45)cc3)n2)cc1. The molecule has 0 saturated carbocycles. The quantitative estimate of drug-likeness (QED) is 0.149. The largest absolute Gasteiger partial charge is 0.455 e. The van der Waals surface area contributed by atoms with E-state index in [2.05, 4.69) is 170 Å². The fourth-order valence-corrected chi connectivity index (χ4v) is 11.3. The van der Waals surface area contributed by atoms with Crippen molar-refractivity contribution in [3.8, 4) is 78.8 Å². The molecular formula is C64H38N4OS. The Morgan fingerprint density at radius 2 is 0.757 bits per heavy atom. The van der Waals surface area contributed by atoms with Gasteiger partial charge in [0.15, 0.2) is 17.5 Å². The number of hydrogen-bond donors (Lipinski definition) is 0. The first-order valence-electron chi connectivity index (χ1n) is 23.4. The van der Waals surface area contributed by atoms with Crippen LogP contribution < -0.4 is 0 Å². The lowest BCUT2D eigenvalue weighted by Gasteiger charge is -2.12. The molecule has 0 aliphatic heterocycles. The summed E-state index contributed by atoms with van der Waals surface area (Å²) < 4.78 is 9.48. The number of pyridine rings is 1. The molecule has 0 radical (unpaired) electrons. The molecule has 0 bridgehead atoms. The molecule has 0 fully saturated rings. The minimum atomic E-state index is 0.620. The summed E-state index contributed by atoms with van der Waals surface area (Å²) in [5, 5.41) is 8.32. The van der Waals surface area contributed by atoms with Gasteiger partial charge in [-0.1, -0.05) is 206 Å². The number of furan rings is 1. The Morgan fingerprint density at radius 3 is 1.36 bits per heavy atom. The van der Waals surface area contributed by atoms with Crippen molar-refractivity contribution in [2.45, 2.75) is 0 Å². The third kappa shape index (κ3) is 6.68. The number of nitrogens with zero attached hydrogens (tertiary/aromatic N) is 4. The van der Waals surface area contributed by atoms with Gasteiger partial charge in [0, 0.05) is 80.5 Å². The van der Waals surface area contributed by atoms with Crippen LogP contribution in [0.1, 0.15) is 0 Å². The maximum Gasteiger partial charge on any atom is 0.164 e. The molecule has 4 heterocycles. The molecule has 326 valence electrons. The van der Waals surface area contributed by atoms with Crippen molar-refractivity contribution >= 4 is 75.1 Å². The molecule has 0 aliphatic rings. The molecule has 14 aromatic rings. The first-order valence-corrected chi connectivity index (χ1v) is 24.3. The minimum Gasteiger partial charge on any atom is -0.455 e. The van der Waals surface area contributed by atoms with Crippen molar-refractivity contribution in [2.24, 2.45) is 0 Å². The summed E-state index contributed by atoms with van der Waals surface area (Å²) in [6.45, 7) is 0. The van der Waals surface area contributed by atoms with E-state index in [1.165, 1.54) is 41.9 Å². The number of thiophene rings is 1. The molecule has 0 spiro atoms. The second-order valence-electron chi connectivity index (χ2n) is 17.7. The van der Waals surface area contributed by atoms with Gasteiger partial charge < -0.3 is 4.42 Å². The summed E-state index contributed by atoms with van der Waals surface area (Å²) >= 11 is 1.85. The van der Waals surface area contributed by atoms with E-state index in [1.807, 2.05) is 72.0 Å². The van der Waals surface area contributed by atoms with E-state index in [0.717, 1.165) is 83.2 Å². The number of rotatable bonds is 7. The van der Waals surface area contributed by atoms with Gasteiger partial charge in [0.2, 0.25) is 0 Å². The van der Waals surface area contributed by atoms with Crippen molar-refractivity contribution in [1.29, 1.82) is 0 Å². The zero-order chi connectivity index (χ0) is 46.1.